The van der Waals surface area contributed by atoms with Crippen LogP contribution in [-0.4, -0.2) is 20.6 Å². The zero-order valence-corrected chi connectivity index (χ0v) is 13.0. The first-order valence-electron chi connectivity index (χ1n) is 6.84. The number of hydrogen-bond acceptors (Lipinski definition) is 4. The summed E-state index contributed by atoms with van der Waals surface area (Å²) in [7, 11) is 0. The number of thiazole rings is 1. The molecule has 6 heteroatoms. The van der Waals surface area contributed by atoms with Gasteiger partial charge in [0, 0.05) is 24.3 Å². The Morgan fingerprint density at radius 2 is 2.18 bits per heavy atom. The van der Waals surface area contributed by atoms with Crippen molar-refractivity contribution in [1.82, 2.24) is 9.55 Å². The lowest BCUT2D eigenvalue weighted by Gasteiger charge is -2.11. The largest absolute Gasteiger partial charge is 0.477 e. The van der Waals surface area contributed by atoms with Crippen molar-refractivity contribution in [1.29, 1.82) is 0 Å². The Morgan fingerprint density at radius 3 is 2.77 bits per heavy atom. The van der Waals surface area contributed by atoms with Crippen molar-refractivity contribution in [3.05, 3.63) is 51.4 Å². The maximum absolute atomic E-state index is 12.3. The Morgan fingerprint density at radius 1 is 1.41 bits per heavy atom. The van der Waals surface area contributed by atoms with Crippen LogP contribution in [0.25, 0.3) is 21.3 Å². The molecule has 0 bridgehead atoms. The van der Waals surface area contributed by atoms with Gasteiger partial charge in [-0.2, -0.15) is 0 Å². The number of aromatic carboxylic acids is 1. The number of aryl methyl sites for hydroxylation is 2. The molecule has 3 rings (SSSR count). The summed E-state index contributed by atoms with van der Waals surface area (Å²) in [5, 5.41) is 10.6. The number of carboxylic acids is 1. The van der Waals surface area contributed by atoms with Gasteiger partial charge >= 0.3 is 5.97 Å². The Labute approximate surface area is 130 Å². The van der Waals surface area contributed by atoms with E-state index in [0.717, 1.165) is 21.0 Å². The van der Waals surface area contributed by atoms with E-state index in [2.05, 4.69) is 4.98 Å². The molecule has 0 radical (unpaired) electrons. The molecule has 0 amide bonds. The van der Waals surface area contributed by atoms with Crippen molar-refractivity contribution >= 4 is 28.2 Å². The highest BCUT2D eigenvalue weighted by atomic mass is 32.1. The highest BCUT2D eigenvalue weighted by Gasteiger charge is 2.15. The van der Waals surface area contributed by atoms with E-state index in [9.17, 15) is 9.59 Å². The molecule has 0 fully saturated rings. The van der Waals surface area contributed by atoms with E-state index in [1.165, 1.54) is 6.20 Å². The van der Waals surface area contributed by atoms with Gasteiger partial charge in [-0.3, -0.25) is 4.79 Å². The van der Waals surface area contributed by atoms with Gasteiger partial charge in [-0.1, -0.05) is 6.07 Å². The van der Waals surface area contributed by atoms with Gasteiger partial charge in [-0.15, -0.1) is 11.3 Å². The molecule has 0 aliphatic heterocycles. The molecule has 0 saturated carbocycles. The van der Waals surface area contributed by atoms with Gasteiger partial charge in [0.05, 0.1) is 15.4 Å². The molecule has 1 aromatic carbocycles. The quantitative estimate of drug-likeness (QED) is 0.806. The number of nitrogens with zero attached hydrogens (tertiary/aromatic N) is 2. The lowest BCUT2D eigenvalue weighted by molar-refractivity contribution is 0.0695. The Hall–Kier alpha value is -2.47. The summed E-state index contributed by atoms with van der Waals surface area (Å²) in [4.78, 5) is 28.8. The van der Waals surface area contributed by atoms with Crippen LogP contribution in [-0.2, 0) is 6.54 Å². The first kappa shape index (κ1) is 14.5. The first-order chi connectivity index (χ1) is 10.5. The summed E-state index contributed by atoms with van der Waals surface area (Å²) in [6.07, 6.45) is 3.22. The van der Waals surface area contributed by atoms with Crippen molar-refractivity contribution < 1.29 is 9.90 Å². The van der Waals surface area contributed by atoms with Crippen LogP contribution < -0.4 is 5.43 Å². The molecule has 0 unspecified atom stereocenters. The van der Waals surface area contributed by atoms with Gasteiger partial charge in [-0.05, 0) is 31.5 Å². The number of fused-ring (bicyclic) bond motifs is 1. The fourth-order valence-corrected chi connectivity index (χ4v) is 3.23. The summed E-state index contributed by atoms with van der Waals surface area (Å²) in [5.74, 6) is -1.20. The van der Waals surface area contributed by atoms with E-state index in [0.29, 0.717) is 11.9 Å². The van der Waals surface area contributed by atoms with E-state index in [1.807, 2.05) is 26.0 Å². The third-order valence-electron chi connectivity index (χ3n) is 3.56. The minimum atomic E-state index is -1.20. The summed E-state index contributed by atoms with van der Waals surface area (Å²) >= 11 is 1.58. The molecule has 0 aliphatic rings. The molecule has 5 nitrogen and oxygen atoms in total. The molecule has 0 spiro atoms. The topological polar surface area (TPSA) is 72.2 Å². The number of aromatic nitrogens is 2. The highest BCUT2D eigenvalue weighted by Crippen LogP contribution is 2.28. The SMILES string of the molecule is CCn1cc(C(=O)O)c(=O)c2ccc(-c3cnc(C)s3)cc21. The molecule has 0 saturated heterocycles. The molecule has 2 aromatic heterocycles. The second-order valence-electron chi connectivity index (χ2n) is 4.94. The van der Waals surface area contributed by atoms with Crippen LogP contribution in [0.15, 0.2) is 35.4 Å². The number of pyridine rings is 1. The van der Waals surface area contributed by atoms with E-state index in [1.54, 1.807) is 28.2 Å². The first-order valence-corrected chi connectivity index (χ1v) is 7.66. The van der Waals surface area contributed by atoms with Gasteiger partial charge < -0.3 is 9.67 Å². The zero-order valence-electron chi connectivity index (χ0n) is 12.2. The van der Waals surface area contributed by atoms with Crippen molar-refractivity contribution in [3.8, 4) is 10.4 Å². The molecule has 112 valence electrons. The average Bonchev–Trinajstić information content (AvgIpc) is 2.93. The van der Waals surface area contributed by atoms with Crippen molar-refractivity contribution in [2.24, 2.45) is 0 Å². The van der Waals surface area contributed by atoms with Gasteiger partial charge in [0.2, 0.25) is 5.43 Å². The van der Waals surface area contributed by atoms with E-state index in [-0.39, 0.29) is 5.56 Å². The normalized spacial score (nSPS) is 11.0. The van der Waals surface area contributed by atoms with Gasteiger partial charge in [0.25, 0.3) is 0 Å². The molecular weight excluding hydrogens is 300 g/mol. The van der Waals surface area contributed by atoms with Crippen LogP contribution in [0.2, 0.25) is 0 Å². The fraction of sp³-hybridized carbons (Fsp3) is 0.188. The zero-order chi connectivity index (χ0) is 15.9. The lowest BCUT2D eigenvalue weighted by atomic mass is 10.1. The third kappa shape index (κ3) is 2.31. The highest BCUT2D eigenvalue weighted by molar-refractivity contribution is 7.15. The Kier molecular flexibility index (Phi) is 3.54. The molecular formula is C16H14N2O3S. The number of benzene rings is 1. The van der Waals surface area contributed by atoms with Gasteiger partial charge in [0.15, 0.2) is 0 Å². The van der Waals surface area contributed by atoms with E-state index >= 15 is 0 Å². The lowest BCUT2D eigenvalue weighted by Crippen LogP contribution is -2.18. The van der Waals surface area contributed by atoms with E-state index < -0.39 is 11.4 Å². The summed E-state index contributed by atoms with van der Waals surface area (Å²) in [6.45, 7) is 4.44. The predicted molar refractivity (Wildman–Crippen MR) is 86.7 cm³/mol. The number of rotatable bonds is 3. The predicted octanol–water partition coefficient (Wildman–Crippen LogP) is 3.15. The van der Waals surface area contributed by atoms with Crippen LogP contribution in [0.4, 0.5) is 0 Å². The van der Waals surface area contributed by atoms with Crippen molar-refractivity contribution in [2.75, 3.05) is 0 Å². The van der Waals surface area contributed by atoms with Crippen molar-refractivity contribution in [2.45, 2.75) is 20.4 Å². The van der Waals surface area contributed by atoms with Gasteiger partial charge in [0.1, 0.15) is 5.56 Å². The number of carboxylic acid groups (broad SMARTS) is 1. The summed E-state index contributed by atoms with van der Waals surface area (Å²) in [5.41, 5.74) is 1.07. The maximum Gasteiger partial charge on any atom is 0.341 e. The molecule has 3 aromatic rings. The summed E-state index contributed by atoms with van der Waals surface area (Å²) < 4.78 is 1.79. The second kappa shape index (κ2) is 5.38. The average molecular weight is 314 g/mol. The Bertz CT molecular complexity index is 940. The van der Waals surface area contributed by atoms with Crippen LogP contribution in [0, 0.1) is 6.92 Å². The van der Waals surface area contributed by atoms with Crippen LogP contribution in [0.3, 0.4) is 0 Å². The van der Waals surface area contributed by atoms with E-state index in [4.69, 9.17) is 5.11 Å². The molecule has 2 heterocycles. The minimum Gasteiger partial charge on any atom is -0.477 e. The molecule has 0 atom stereocenters. The van der Waals surface area contributed by atoms with Crippen LogP contribution in [0.5, 0.6) is 0 Å². The molecule has 1 N–H and O–H groups in total. The fourth-order valence-electron chi connectivity index (χ4n) is 2.45. The second-order valence-corrected chi connectivity index (χ2v) is 6.17. The number of hydrogen-bond donors (Lipinski definition) is 1. The van der Waals surface area contributed by atoms with Crippen LogP contribution in [0.1, 0.15) is 22.3 Å². The summed E-state index contributed by atoms with van der Waals surface area (Å²) in [6, 6.07) is 5.45. The molecule has 22 heavy (non-hydrogen) atoms. The Balaban J connectivity index is 2.30. The smallest absolute Gasteiger partial charge is 0.341 e. The molecule has 0 aliphatic carbocycles. The van der Waals surface area contributed by atoms with Crippen LogP contribution >= 0.6 is 11.3 Å². The maximum atomic E-state index is 12.3. The van der Waals surface area contributed by atoms with Gasteiger partial charge in [-0.25, -0.2) is 9.78 Å². The number of carbonyl (C=O) groups is 1. The minimum absolute atomic E-state index is 0.198. The van der Waals surface area contributed by atoms with Crippen molar-refractivity contribution in [3.63, 3.8) is 0 Å². The monoisotopic (exact) mass is 314 g/mol. The standard InChI is InChI=1S/C16H14N2O3S/c1-3-18-8-12(16(20)21)15(19)11-5-4-10(6-13(11)18)14-7-17-9(2)22-14/h4-8H,3H2,1-2H3,(H,20,21). The third-order valence-corrected chi connectivity index (χ3v) is 4.52.